The number of benzene rings is 3. The molecule has 3 N–H and O–H groups in total. The van der Waals surface area contributed by atoms with Crippen molar-refractivity contribution in [2.45, 2.75) is 58.4 Å². The fourth-order valence-electron chi connectivity index (χ4n) is 4.56. The summed E-state index contributed by atoms with van der Waals surface area (Å²) in [5, 5.41) is 21.1. The van der Waals surface area contributed by atoms with Crippen molar-refractivity contribution in [2.75, 3.05) is 5.32 Å². The van der Waals surface area contributed by atoms with Gasteiger partial charge in [-0.3, -0.25) is 4.79 Å². The zero-order chi connectivity index (χ0) is 27.7. The van der Waals surface area contributed by atoms with E-state index >= 15 is 0 Å². The first-order chi connectivity index (χ1) is 18.6. The van der Waals surface area contributed by atoms with E-state index in [9.17, 15) is 14.7 Å². The molecule has 1 fully saturated rings. The highest BCUT2D eigenvalue weighted by Crippen LogP contribution is 2.42. The number of carbonyl (C=O) groups is 2. The number of nitrogens with zero attached hydrogens (tertiary/aromatic N) is 2. The van der Waals surface area contributed by atoms with Crippen LogP contribution in [0.4, 0.5) is 10.5 Å². The average Bonchev–Trinajstić information content (AvgIpc) is 3.66. The molecule has 1 heterocycles. The maximum Gasteiger partial charge on any atom is 0.342 e. The van der Waals surface area contributed by atoms with Gasteiger partial charge >= 0.3 is 6.03 Å². The maximum atomic E-state index is 13.1. The number of aryl methyl sites for hydroxylation is 1. The van der Waals surface area contributed by atoms with Crippen molar-refractivity contribution in [3.63, 3.8) is 0 Å². The van der Waals surface area contributed by atoms with Crippen LogP contribution in [0.5, 0.6) is 5.75 Å². The molecule has 39 heavy (non-hydrogen) atoms. The molecule has 5 rings (SSSR count). The van der Waals surface area contributed by atoms with Gasteiger partial charge in [0.15, 0.2) is 0 Å². The summed E-state index contributed by atoms with van der Waals surface area (Å²) in [7, 11) is 0. The number of aromatic hydroxyl groups is 1. The Morgan fingerprint density at radius 2 is 1.72 bits per heavy atom. The van der Waals surface area contributed by atoms with Gasteiger partial charge in [-0.05, 0) is 78.3 Å². The standard InChI is InChI=1S/C32H34N4O3/c1-20-7-5-6-8-23(20)19-33-31(39)36-28(21-9-10-21)18-27(35-36)26-17-25(15-16-29(26)37)34-30(38)22-11-13-24(14-12-22)32(2,3)4/h5-8,11-18,21,37H,9-10,19H2,1-4H3,(H,33,39)(H,34,38). The number of anilines is 1. The topological polar surface area (TPSA) is 96.3 Å². The minimum absolute atomic E-state index is 0.000974. The molecule has 2 amide bonds. The van der Waals surface area contributed by atoms with Crippen molar-refractivity contribution >= 4 is 17.6 Å². The lowest BCUT2D eigenvalue weighted by molar-refractivity contribution is 0.102. The van der Waals surface area contributed by atoms with Crippen LogP contribution in [0.25, 0.3) is 11.3 Å². The van der Waals surface area contributed by atoms with Crippen molar-refractivity contribution in [2.24, 2.45) is 0 Å². The molecule has 0 atom stereocenters. The van der Waals surface area contributed by atoms with Gasteiger partial charge in [-0.1, -0.05) is 57.2 Å². The lowest BCUT2D eigenvalue weighted by Crippen LogP contribution is -2.30. The minimum atomic E-state index is -0.311. The highest BCUT2D eigenvalue weighted by molar-refractivity contribution is 6.04. The van der Waals surface area contributed by atoms with Crippen molar-refractivity contribution < 1.29 is 14.7 Å². The summed E-state index contributed by atoms with van der Waals surface area (Å²) in [6.07, 6.45) is 1.98. The van der Waals surface area contributed by atoms with Gasteiger partial charge in [-0.25, -0.2) is 4.79 Å². The van der Waals surface area contributed by atoms with Gasteiger partial charge in [0.2, 0.25) is 0 Å². The molecular formula is C32H34N4O3. The zero-order valence-electron chi connectivity index (χ0n) is 22.8. The van der Waals surface area contributed by atoms with Crippen molar-refractivity contribution in [1.29, 1.82) is 0 Å². The van der Waals surface area contributed by atoms with Gasteiger partial charge < -0.3 is 15.7 Å². The van der Waals surface area contributed by atoms with E-state index in [1.54, 1.807) is 12.1 Å². The van der Waals surface area contributed by atoms with E-state index in [1.165, 1.54) is 10.7 Å². The smallest absolute Gasteiger partial charge is 0.342 e. The van der Waals surface area contributed by atoms with E-state index in [-0.39, 0.29) is 29.0 Å². The molecule has 7 nitrogen and oxygen atoms in total. The lowest BCUT2D eigenvalue weighted by atomic mass is 9.87. The average molecular weight is 523 g/mol. The summed E-state index contributed by atoms with van der Waals surface area (Å²) in [5.41, 5.74) is 6.12. The van der Waals surface area contributed by atoms with Crippen LogP contribution < -0.4 is 10.6 Å². The molecule has 0 aliphatic heterocycles. The Labute approximate surface area is 228 Å². The Hall–Kier alpha value is -4.39. The predicted molar refractivity (Wildman–Crippen MR) is 153 cm³/mol. The predicted octanol–water partition coefficient (Wildman–Crippen LogP) is 6.75. The van der Waals surface area contributed by atoms with Crippen LogP contribution in [0.3, 0.4) is 0 Å². The third-order valence-electron chi connectivity index (χ3n) is 7.16. The summed E-state index contributed by atoms with van der Waals surface area (Å²) < 4.78 is 1.41. The number of phenols is 1. The molecule has 0 saturated heterocycles. The Kier molecular flexibility index (Phi) is 7.00. The maximum absolute atomic E-state index is 13.1. The quantitative estimate of drug-likeness (QED) is 0.244. The number of hydrogen-bond acceptors (Lipinski definition) is 4. The number of nitrogens with one attached hydrogen (secondary N) is 2. The SMILES string of the molecule is Cc1ccccc1CNC(=O)n1nc(-c2cc(NC(=O)c3ccc(C(C)(C)C)cc3)ccc2O)cc1C1CC1. The fraction of sp³-hybridized carbons (Fsp3) is 0.281. The molecular weight excluding hydrogens is 488 g/mol. The van der Waals surface area contributed by atoms with E-state index in [4.69, 9.17) is 0 Å². The largest absolute Gasteiger partial charge is 0.507 e. The zero-order valence-corrected chi connectivity index (χ0v) is 22.8. The van der Waals surface area contributed by atoms with Gasteiger partial charge in [-0.15, -0.1) is 0 Å². The second-order valence-corrected chi connectivity index (χ2v) is 11.2. The van der Waals surface area contributed by atoms with Crippen molar-refractivity contribution in [3.05, 3.63) is 101 Å². The van der Waals surface area contributed by atoms with Gasteiger partial charge in [-0.2, -0.15) is 9.78 Å². The summed E-state index contributed by atoms with van der Waals surface area (Å²) in [5.74, 6) is 0.0401. The molecule has 0 spiro atoms. The van der Waals surface area contributed by atoms with Crippen LogP contribution in [0.1, 0.15) is 72.3 Å². The van der Waals surface area contributed by atoms with E-state index in [0.717, 1.165) is 35.2 Å². The normalized spacial score (nSPS) is 13.2. The van der Waals surface area contributed by atoms with E-state index in [2.05, 4.69) is 36.5 Å². The lowest BCUT2D eigenvalue weighted by Gasteiger charge is -2.19. The highest BCUT2D eigenvalue weighted by Gasteiger charge is 2.31. The van der Waals surface area contributed by atoms with Crippen LogP contribution >= 0.6 is 0 Å². The molecule has 0 unspecified atom stereocenters. The summed E-state index contributed by atoms with van der Waals surface area (Å²) in [4.78, 5) is 26.1. The molecule has 1 aliphatic carbocycles. The summed E-state index contributed by atoms with van der Waals surface area (Å²) >= 11 is 0. The monoisotopic (exact) mass is 522 g/mol. The molecule has 7 heteroatoms. The first kappa shape index (κ1) is 26.2. The minimum Gasteiger partial charge on any atom is -0.507 e. The van der Waals surface area contributed by atoms with E-state index in [1.807, 2.05) is 61.5 Å². The fourth-order valence-corrected chi connectivity index (χ4v) is 4.56. The van der Waals surface area contributed by atoms with Gasteiger partial charge in [0.1, 0.15) is 5.75 Å². The Bertz CT molecular complexity index is 1530. The third-order valence-corrected chi connectivity index (χ3v) is 7.16. The Morgan fingerprint density at radius 1 is 1.00 bits per heavy atom. The molecule has 200 valence electrons. The summed E-state index contributed by atoms with van der Waals surface area (Å²) in [6, 6.07) is 21.9. The number of rotatable bonds is 6. The first-order valence-electron chi connectivity index (χ1n) is 13.3. The van der Waals surface area contributed by atoms with Gasteiger partial charge in [0, 0.05) is 29.3 Å². The van der Waals surface area contributed by atoms with Crippen molar-refractivity contribution in [1.82, 2.24) is 15.1 Å². The second-order valence-electron chi connectivity index (χ2n) is 11.2. The number of hydrogen-bond donors (Lipinski definition) is 3. The second kappa shape index (κ2) is 10.4. The number of phenolic OH excluding ortho intramolecular Hbond substituents is 1. The van der Waals surface area contributed by atoms with E-state index in [0.29, 0.717) is 29.1 Å². The Balaban J connectivity index is 1.36. The number of carbonyl (C=O) groups excluding carboxylic acids is 2. The van der Waals surface area contributed by atoms with Crippen LogP contribution in [-0.4, -0.2) is 26.8 Å². The van der Waals surface area contributed by atoms with Gasteiger partial charge in [0.25, 0.3) is 5.91 Å². The molecule has 1 aliphatic rings. The van der Waals surface area contributed by atoms with Crippen LogP contribution in [0.15, 0.2) is 72.8 Å². The molecule has 1 saturated carbocycles. The highest BCUT2D eigenvalue weighted by atomic mass is 16.3. The molecule has 0 bridgehead atoms. The molecule has 0 radical (unpaired) electrons. The van der Waals surface area contributed by atoms with Crippen LogP contribution in [0, 0.1) is 6.92 Å². The molecule has 4 aromatic rings. The van der Waals surface area contributed by atoms with Crippen LogP contribution in [-0.2, 0) is 12.0 Å². The summed E-state index contributed by atoms with van der Waals surface area (Å²) in [6.45, 7) is 8.80. The van der Waals surface area contributed by atoms with Crippen LogP contribution in [0.2, 0.25) is 0 Å². The van der Waals surface area contributed by atoms with Crippen molar-refractivity contribution in [3.8, 4) is 17.0 Å². The molecule has 1 aromatic heterocycles. The molecule has 3 aromatic carbocycles. The Morgan fingerprint density at radius 3 is 2.38 bits per heavy atom. The number of aromatic nitrogens is 2. The third kappa shape index (κ3) is 5.87. The van der Waals surface area contributed by atoms with E-state index < -0.39 is 0 Å². The number of amides is 2. The van der Waals surface area contributed by atoms with Gasteiger partial charge in [0.05, 0.1) is 11.4 Å². The first-order valence-corrected chi connectivity index (χ1v) is 13.3.